The molecule has 0 aromatic heterocycles. The summed E-state index contributed by atoms with van der Waals surface area (Å²) in [6, 6.07) is 4.79. The maximum Gasteiger partial charge on any atom is 0.339 e. The van der Waals surface area contributed by atoms with Gasteiger partial charge in [-0.25, -0.2) is 4.79 Å². The summed E-state index contributed by atoms with van der Waals surface area (Å²) >= 11 is 0. The van der Waals surface area contributed by atoms with Gasteiger partial charge in [0, 0.05) is 12.6 Å². The third-order valence-corrected chi connectivity index (χ3v) is 2.37. The summed E-state index contributed by atoms with van der Waals surface area (Å²) in [5.74, 6) is 0.0390. The van der Waals surface area contributed by atoms with Crippen molar-refractivity contribution in [2.45, 2.75) is 0 Å². The SMILES string of the molecule is C=CCN(C=O)c1cc(OC)ccc1C(=O)OC. The number of carbonyl (C=O) groups is 2. The van der Waals surface area contributed by atoms with Crippen LogP contribution in [0.1, 0.15) is 10.4 Å². The first kappa shape index (κ1) is 13.8. The van der Waals surface area contributed by atoms with Crippen LogP contribution in [0.5, 0.6) is 5.75 Å². The number of esters is 1. The molecule has 0 aliphatic carbocycles. The van der Waals surface area contributed by atoms with E-state index in [0.29, 0.717) is 30.0 Å². The molecule has 0 atom stereocenters. The minimum absolute atomic E-state index is 0.292. The van der Waals surface area contributed by atoms with E-state index in [1.54, 1.807) is 24.3 Å². The van der Waals surface area contributed by atoms with Crippen LogP contribution in [-0.2, 0) is 9.53 Å². The largest absolute Gasteiger partial charge is 0.497 e. The number of methoxy groups -OCH3 is 2. The molecule has 96 valence electrons. The van der Waals surface area contributed by atoms with Crippen LogP contribution in [0.2, 0.25) is 0 Å². The number of anilines is 1. The molecule has 0 aliphatic rings. The van der Waals surface area contributed by atoms with Crippen LogP contribution < -0.4 is 9.64 Å². The van der Waals surface area contributed by atoms with Gasteiger partial charge in [0.2, 0.25) is 6.41 Å². The van der Waals surface area contributed by atoms with Crippen LogP contribution in [0.3, 0.4) is 0 Å². The van der Waals surface area contributed by atoms with Gasteiger partial charge in [-0.1, -0.05) is 6.08 Å². The first-order valence-electron chi connectivity index (χ1n) is 5.27. The van der Waals surface area contributed by atoms with Crippen molar-refractivity contribution < 1.29 is 19.1 Å². The minimum Gasteiger partial charge on any atom is -0.497 e. The third-order valence-electron chi connectivity index (χ3n) is 2.37. The molecule has 0 radical (unpaired) electrons. The normalized spacial score (nSPS) is 9.44. The number of benzene rings is 1. The van der Waals surface area contributed by atoms with Crippen LogP contribution in [-0.4, -0.2) is 33.1 Å². The Hall–Kier alpha value is -2.30. The van der Waals surface area contributed by atoms with Gasteiger partial charge in [0.05, 0.1) is 25.5 Å². The first-order valence-corrected chi connectivity index (χ1v) is 5.27. The molecule has 0 saturated heterocycles. The second-order valence-electron chi connectivity index (χ2n) is 3.42. The predicted molar refractivity (Wildman–Crippen MR) is 67.9 cm³/mol. The average molecular weight is 249 g/mol. The fourth-order valence-electron chi connectivity index (χ4n) is 1.50. The second-order valence-corrected chi connectivity index (χ2v) is 3.42. The van der Waals surface area contributed by atoms with Crippen molar-refractivity contribution in [3.8, 4) is 5.75 Å². The maximum absolute atomic E-state index is 11.6. The molecule has 1 rings (SSSR count). The van der Waals surface area contributed by atoms with Crippen molar-refractivity contribution in [2.75, 3.05) is 25.7 Å². The van der Waals surface area contributed by atoms with Gasteiger partial charge in [-0.2, -0.15) is 0 Å². The molecule has 18 heavy (non-hydrogen) atoms. The Morgan fingerprint density at radius 2 is 2.17 bits per heavy atom. The number of nitrogens with zero attached hydrogens (tertiary/aromatic N) is 1. The van der Waals surface area contributed by atoms with Gasteiger partial charge in [-0.05, 0) is 12.1 Å². The molecule has 5 heteroatoms. The summed E-state index contributed by atoms with van der Waals surface area (Å²) in [4.78, 5) is 24.0. The Labute approximate surface area is 106 Å². The van der Waals surface area contributed by atoms with Crippen LogP contribution in [0.4, 0.5) is 5.69 Å². The summed E-state index contributed by atoms with van der Waals surface area (Å²) < 4.78 is 9.75. The smallest absolute Gasteiger partial charge is 0.339 e. The van der Waals surface area contributed by atoms with Gasteiger partial charge in [0.1, 0.15) is 5.75 Å². The lowest BCUT2D eigenvalue weighted by Gasteiger charge is -2.19. The molecule has 1 aromatic carbocycles. The molecule has 0 N–H and O–H groups in total. The van der Waals surface area contributed by atoms with Crippen LogP contribution in [0.25, 0.3) is 0 Å². The van der Waals surface area contributed by atoms with E-state index in [2.05, 4.69) is 11.3 Å². The summed E-state index contributed by atoms with van der Waals surface area (Å²) in [6.45, 7) is 3.86. The zero-order valence-electron chi connectivity index (χ0n) is 10.4. The van der Waals surface area contributed by atoms with Crippen molar-refractivity contribution in [3.63, 3.8) is 0 Å². The van der Waals surface area contributed by atoms with E-state index in [1.807, 2.05) is 0 Å². The molecule has 0 bridgehead atoms. The topological polar surface area (TPSA) is 55.8 Å². The van der Waals surface area contributed by atoms with Crippen molar-refractivity contribution in [1.29, 1.82) is 0 Å². The molecular formula is C13H15NO4. The van der Waals surface area contributed by atoms with Crippen LogP contribution >= 0.6 is 0 Å². The minimum atomic E-state index is -0.511. The third kappa shape index (κ3) is 2.88. The van der Waals surface area contributed by atoms with E-state index >= 15 is 0 Å². The van der Waals surface area contributed by atoms with Gasteiger partial charge >= 0.3 is 5.97 Å². The molecule has 1 aromatic rings. The molecule has 0 saturated carbocycles. The van der Waals surface area contributed by atoms with Gasteiger partial charge in [-0.3, -0.25) is 4.79 Å². The number of amides is 1. The molecule has 0 unspecified atom stereocenters. The van der Waals surface area contributed by atoms with Gasteiger partial charge < -0.3 is 14.4 Å². The van der Waals surface area contributed by atoms with Crippen LogP contribution in [0, 0.1) is 0 Å². The monoisotopic (exact) mass is 249 g/mol. The van der Waals surface area contributed by atoms with E-state index in [4.69, 9.17) is 4.74 Å². The summed E-state index contributed by atoms with van der Waals surface area (Å²) in [6.07, 6.45) is 2.19. The number of carbonyl (C=O) groups excluding carboxylic acids is 2. The fourth-order valence-corrected chi connectivity index (χ4v) is 1.50. The maximum atomic E-state index is 11.6. The summed E-state index contributed by atoms with van der Waals surface area (Å²) in [5.41, 5.74) is 0.725. The van der Waals surface area contributed by atoms with E-state index in [-0.39, 0.29) is 0 Å². The predicted octanol–water partition coefficient (Wildman–Crippen LogP) is 1.63. The van der Waals surface area contributed by atoms with E-state index in [9.17, 15) is 9.59 Å². The highest BCUT2D eigenvalue weighted by molar-refractivity contribution is 5.98. The van der Waals surface area contributed by atoms with Crippen molar-refractivity contribution in [3.05, 3.63) is 36.4 Å². The first-order chi connectivity index (χ1) is 8.67. The average Bonchev–Trinajstić information content (AvgIpc) is 2.43. The van der Waals surface area contributed by atoms with Gasteiger partial charge in [0.25, 0.3) is 0 Å². The van der Waals surface area contributed by atoms with E-state index in [1.165, 1.54) is 19.1 Å². The molecule has 0 aliphatic heterocycles. The van der Waals surface area contributed by atoms with E-state index < -0.39 is 5.97 Å². The second kappa shape index (κ2) is 6.44. The standard InChI is InChI=1S/C13H15NO4/c1-4-7-14(9-15)12-8-10(17-2)5-6-11(12)13(16)18-3/h4-6,8-9H,1,7H2,2-3H3. The molecule has 0 fully saturated rings. The molecule has 5 nitrogen and oxygen atoms in total. The molecule has 1 amide bonds. The highest BCUT2D eigenvalue weighted by atomic mass is 16.5. The van der Waals surface area contributed by atoms with Gasteiger partial charge in [-0.15, -0.1) is 6.58 Å². The number of hydrogen-bond acceptors (Lipinski definition) is 4. The Morgan fingerprint density at radius 3 is 2.67 bits per heavy atom. The molecule has 0 spiro atoms. The Morgan fingerprint density at radius 1 is 1.44 bits per heavy atom. The lowest BCUT2D eigenvalue weighted by molar-refractivity contribution is -0.107. The van der Waals surface area contributed by atoms with E-state index in [0.717, 1.165) is 0 Å². The summed E-state index contributed by atoms with van der Waals surface area (Å²) in [7, 11) is 2.80. The van der Waals surface area contributed by atoms with Crippen molar-refractivity contribution >= 4 is 18.1 Å². The van der Waals surface area contributed by atoms with Gasteiger partial charge in [0.15, 0.2) is 0 Å². The fraction of sp³-hybridized carbons (Fsp3) is 0.231. The lowest BCUT2D eigenvalue weighted by atomic mass is 10.1. The van der Waals surface area contributed by atoms with Crippen LogP contribution in [0.15, 0.2) is 30.9 Å². The zero-order chi connectivity index (χ0) is 13.5. The van der Waals surface area contributed by atoms with Crippen molar-refractivity contribution in [2.24, 2.45) is 0 Å². The quantitative estimate of drug-likeness (QED) is 0.437. The van der Waals surface area contributed by atoms with Crippen molar-refractivity contribution in [1.82, 2.24) is 0 Å². The highest BCUT2D eigenvalue weighted by Crippen LogP contribution is 2.26. The Balaban J connectivity index is 3.29. The summed E-state index contributed by atoms with van der Waals surface area (Å²) in [5, 5.41) is 0. The number of ether oxygens (including phenoxy) is 2. The molecule has 0 heterocycles. The molecular weight excluding hydrogens is 234 g/mol. The lowest BCUT2D eigenvalue weighted by Crippen LogP contribution is -2.23. The Kier molecular flexibility index (Phi) is 4.92. The number of rotatable bonds is 6. The Bertz CT molecular complexity index is 456. The zero-order valence-corrected chi connectivity index (χ0v) is 10.4. The number of hydrogen-bond donors (Lipinski definition) is 0. The highest BCUT2D eigenvalue weighted by Gasteiger charge is 2.17.